The van der Waals surface area contributed by atoms with Gasteiger partial charge in [0.15, 0.2) is 0 Å². The van der Waals surface area contributed by atoms with Gasteiger partial charge in [0.1, 0.15) is 16.5 Å². The molecule has 0 atom stereocenters. The second kappa shape index (κ2) is 5.18. The van der Waals surface area contributed by atoms with Gasteiger partial charge in [0.25, 0.3) is 0 Å². The molecular formula is C16H11FO3S. The van der Waals surface area contributed by atoms with E-state index in [4.69, 9.17) is 4.18 Å². The van der Waals surface area contributed by atoms with E-state index in [-0.39, 0.29) is 10.6 Å². The molecule has 0 unspecified atom stereocenters. The van der Waals surface area contributed by atoms with Gasteiger partial charge in [-0.05, 0) is 35.0 Å². The summed E-state index contributed by atoms with van der Waals surface area (Å²) in [6.45, 7) is 0. The molecule has 3 nitrogen and oxygen atoms in total. The Kier molecular flexibility index (Phi) is 3.35. The average Bonchev–Trinajstić information content (AvgIpc) is 2.46. The lowest BCUT2D eigenvalue weighted by molar-refractivity contribution is 0.483. The number of rotatable bonds is 3. The smallest absolute Gasteiger partial charge is 0.339 e. The zero-order valence-corrected chi connectivity index (χ0v) is 11.7. The zero-order chi connectivity index (χ0) is 14.9. The number of halogens is 1. The van der Waals surface area contributed by atoms with Crippen molar-refractivity contribution < 1.29 is 17.0 Å². The van der Waals surface area contributed by atoms with E-state index in [0.29, 0.717) is 0 Å². The molecule has 3 rings (SSSR count). The summed E-state index contributed by atoms with van der Waals surface area (Å²) >= 11 is 0. The number of fused-ring (bicyclic) bond motifs is 1. The maximum absolute atomic E-state index is 13.1. The highest BCUT2D eigenvalue weighted by molar-refractivity contribution is 7.87. The molecule has 0 radical (unpaired) electrons. The van der Waals surface area contributed by atoms with Crippen LogP contribution >= 0.6 is 0 Å². The molecular weight excluding hydrogens is 291 g/mol. The first kappa shape index (κ1) is 13.6. The van der Waals surface area contributed by atoms with Crippen LogP contribution in [0.25, 0.3) is 10.8 Å². The summed E-state index contributed by atoms with van der Waals surface area (Å²) in [6.07, 6.45) is 0. The van der Waals surface area contributed by atoms with Crippen molar-refractivity contribution in [2.45, 2.75) is 4.90 Å². The number of hydrogen-bond acceptors (Lipinski definition) is 3. The Hall–Kier alpha value is -2.40. The Labute approximate surface area is 121 Å². The van der Waals surface area contributed by atoms with Crippen LogP contribution in [0.15, 0.2) is 71.6 Å². The minimum Gasteiger partial charge on any atom is -0.379 e. The summed E-state index contributed by atoms with van der Waals surface area (Å²) in [5.74, 6) is -0.607. The van der Waals surface area contributed by atoms with Gasteiger partial charge in [-0.1, -0.05) is 36.4 Å². The Balaban J connectivity index is 2.00. The molecule has 0 aliphatic heterocycles. The fourth-order valence-corrected chi connectivity index (χ4v) is 2.98. The molecule has 0 fully saturated rings. The molecule has 0 spiro atoms. The quantitative estimate of drug-likeness (QED) is 0.692. The first-order chi connectivity index (χ1) is 10.0. The minimum atomic E-state index is -3.99. The molecule has 0 aliphatic carbocycles. The van der Waals surface area contributed by atoms with Crippen molar-refractivity contribution >= 4 is 20.9 Å². The molecule has 0 bridgehead atoms. The van der Waals surface area contributed by atoms with Crippen LogP contribution in [0.1, 0.15) is 0 Å². The van der Waals surface area contributed by atoms with Gasteiger partial charge in [0.05, 0.1) is 0 Å². The number of benzene rings is 3. The molecule has 106 valence electrons. The van der Waals surface area contributed by atoms with E-state index in [0.717, 1.165) is 16.8 Å². The molecule has 0 aliphatic rings. The minimum absolute atomic E-state index is 0.0328. The lowest BCUT2D eigenvalue weighted by atomic mass is 10.1. The van der Waals surface area contributed by atoms with Crippen molar-refractivity contribution in [1.82, 2.24) is 0 Å². The Bertz CT molecular complexity index is 904. The fourth-order valence-electron chi connectivity index (χ4n) is 2.02. The highest BCUT2D eigenvalue weighted by atomic mass is 32.2. The summed E-state index contributed by atoms with van der Waals surface area (Å²) in [5.41, 5.74) is 0. The van der Waals surface area contributed by atoms with E-state index in [1.165, 1.54) is 30.3 Å². The molecule has 0 saturated heterocycles. The normalized spacial score (nSPS) is 11.5. The van der Waals surface area contributed by atoms with E-state index >= 15 is 0 Å². The maximum atomic E-state index is 13.1. The second-order valence-electron chi connectivity index (χ2n) is 4.50. The summed E-state index contributed by atoms with van der Waals surface area (Å²) in [5, 5.41) is 1.73. The van der Waals surface area contributed by atoms with E-state index in [2.05, 4.69) is 0 Å². The standard InChI is InChI=1S/C16H11FO3S/c17-14-6-3-7-15(11-14)20-21(18,19)16-9-8-12-4-1-2-5-13(12)10-16/h1-11H. The molecule has 0 heterocycles. The SMILES string of the molecule is O=S(=O)(Oc1cccc(F)c1)c1ccc2ccccc2c1. The lowest BCUT2D eigenvalue weighted by Crippen LogP contribution is -2.09. The van der Waals surface area contributed by atoms with Crippen molar-refractivity contribution in [3.05, 3.63) is 72.5 Å². The molecule has 0 N–H and O–H groups in total. The first-order valence-electron chi connectivity index (χ1n) is 6.23. The largest absolute Gasteiger partial charge is 0.379 e. The topological polar surface area (TPSA) is 43.4 Å². The monoisotopic (exact) mass is 302 g/mol. The van der Waals surface area contributed by atoms with Gasteiger partial charge in [-0.2, -0.15) is 8.42 Å². The van der Waals surface area contributed by atoms with Crippen LogP contribution in [-0.4, -0.2) is 8.42 Å². The van der Waals surface area contributed by atoms with Crippen LogP contribution in [-0.2, 0) is 10.1 Å². The average molecular weight is 302 g/mol. The highest BCUT2D eigenvalue weighted by Gasteiger charge is 2.17. The summed E-state index contributed by atoms with van der Waals surface area (Å²) in [4.78, 5) is 0.0328. The zero-order valence-electron chi connectivity index (χ0n) is 10.9. The molecule has 3 aromatic carbocycles. The summed E-state index contributed by atoms with van der Waals surface area (Å²) < 4.78 is 42.5. The predicted molar refractivity (Wildman–Crippen MR) is 78.2 cm³/mol. The lowest BCUT2D eigenvalue weighted by Gasteiger charge is -2.08. The van der Waals surface area contributed by atoms with Gasteiger partial charge >= 0.3 is 10.1 Å². The van der Waals surface area contributed by atoms with E-state index in [1.54, 1.807) is 6.07 Å². The van der Waals surface area contributed by atoms with Crippen LogP contribution in [0, 0.1) is 5.82 Å². The molecule has 0 aromatic heterocycles. The second-order valence-corrected chi connectivity index (χ2v) is 6.05. The van der Waals surface area contributed by atoms with E-state index in [9.17, 15) is 12.8 Å². The molecule has 5 heteroatoms. The van der Waals surface area contributed by atoms with Gasteiger partial charge in [0, 0.05) is 6.07 Å². The molecule has 0 amide bonds. The van der Waals surface area contributed by atoms with Gasteiger partial charge in [-0.3, -0.25) is 0 Å². The van der Waals surface area contributed by atoms with Crippen LogP contribution in [0.2, 0.25) is 0 Å². The highest BCUT2D eigenvalue weighted by Crippen LogP contribution is 2.23. The Morgan fingerprint density at radius 2 is 1.57 bits per heavy atom. The fraction of sp³-hybridized carbons (Fsp3) is 0. The van der Waals surface area contributed by atoms with Crippen molar-refractivity contribution in [3.63, 3.8) is 0 Å². The molecule has 3 aromatic rings. The Morgan fingerprint density at radius 1 is 0.810 bits per heavy atom. The van der Waals surface area contributed by atoms with E-state index in [1.807, 2.05) is 24.3 Å². The van der Waals surface area contributed by atoms with Crippen LogP contribution < -0.4 is 4.18 Å². The Morgan fingerprint density at radius 3 is 2.33 bits per heavy atom. The van der Waals surface area contributed by atoms with Crippen molar-refractivity contribution in [3.8, 4) is 5.75 Å². The third-order valence-corrected chi connectivity index (χ3v) is 4.25. The predicted octanol–water partition coefficient (Wildman–Crippen LogP) is 3.75. The molecule has 21 heavy (non-hydrogen) atoms. The summed E-state index contributed by atoms with van der Waals surface area (Å²) in [7, 11) is -3.99. The number of hydrogen-bond donors (Lipinski definition) is 0. The van der Waals surface area contributed by atoms with Crippen molar-refractivity contribution in [1.29, 1.82) is 0 Å². The third kappa shape index (κ3) is 2.87. The third-order valence-electron chi connectivity index (χ3n) is 3.01. The maximum Gasteiger partial charge on any atom is 0.339 e. The van der Waals surface area contributed by atoms with Crippen molar-refractivity contribution in [2.24, 2.45) is 0 Å². The van der Waals surface area contributed by atoms with Crippen LogP contribution in [0.4, 0.5) is 4.39 Å². The first-order valence-corrected chi connectivity index (χ1v) is 7.64. The van der Waals surface area contributed by atoms with Gasteiger partial charge in [0.2, 0.25) is 0 Å². The van der Waals surface area contributed by atoms with Gasteiger partial charge in [-0.15, -0.1) is 0 Å². The van der Waals surface area contributed by atoms with Crippen LogP contribution in [0.5, 0.6) is 5.75 Å². The van der Waals surface area contributed by atoms with Crippen molar-refractivity contribution in [2.75, 3.05) is 0 Å². The molecule has 0 saturated carbocycles. The van der Waals surface area contributed by atoms with Gasteiger partial charge in [-0.25, -0.2) is 4.39 Å². The van der Waals surface area contributed by atoms with Gasteiger partial charge < -0.3 is 4.18 Å². The van der Waals surface area contributed by atoms with E-state index < -0.39 is 15.9 Å². The van der Waals surface area contributed by atoms with Crippen LogP contribution in [0.3, 0.4) is 0 Å². The summed E-state index contributed by atoms with van der Waals surface area (Å²) in [6, 6.07) is 17.1.